The van der Waals surface area contributed by atoms with Crippen molar-refractivity contribution in [2.24, 2.45) is 10.4 Å². The Balaban J connectivity index is 1.72. The zero-order valence-corrected chi connectivity index (χ0v) is 15.6. The monoisotopic (exact) mass is 351 g/mol. The highest BCUT2D eigenvalue weighted by Gasteiger charge is 2.42. The number of nitrogens with one attached hydrogen (secondary N) is 1. The van der Waals surface area contributed by atoms with Gasteiger partial charge in [0.2, 0.25) is 0 Å². The van der Waals surface area contributed by atoms with Crippen LogP contribution in [0.15, 0.2) is 29.3 Å². The van der Waals surface area contributed by atoms with Crippen LogP contribution >= 0.6 is 0 Å². The minimum absolute atomic E-state index is 0.284. The summed E-state index contributed by atoms with van der Waals surface area (Å²) in [7, 11) is 3.73. The molecule has 1 aliphatic rings. The Bertz CT molecular complexity index is 561. The lowest BCUT2D eigenvalue weighted by atomic mass is 10.0. The first-order chi connectivity index (χ1) is 12.1. The summed E-state index contributed by atoms with van der Waals surface area (Å²) in [5.41, 5.74) is 0.357. The minimum Gasteiger partial charge on any atom is -0.489 e. The molecule has 0 aliphatic heterocycles. The summed E-state index contributed by atoms with van der Waals surface area (Å²) in [5, 5.41) is 3.45. The molecular weight excluding hydrogens is 321 g/mol. The number of hydrogen-bond acceptors (Lipinski definition) is 3. The summed E-state index contributed by atoms with van der Waals surface area (Å²) in [5.74, 6) is 0.782. The van der Waals surface area contributed by atoms with Gasteiger partial charge in [-0.2, -0.15) is 0 Å². The van der Waals surface area contributed by atoms with Gasteiger partial charge in [0.15, 0.2) is 17.5 Å². The molecule has 1 aromatic rings. The fourth-order valence-electron chi connectivity index (χ4n) is 2.74. The maximum atomic E-state index is 13.5. The molecule has 5 nitrogen and oxygen atoms in total. The van der Waals surface area contributed by atoms with Crippen molar-refractivity contribution in [2.45, 2.75) is 26.2 Å². The van der Waals surface area contributed by atoms with Gasteiger partial charge in [-0.3, -0.25) is 4.99 Å². The van der Waals surface area contributed by atoms with Crippen LogP contribution in [0.2, 0.25) is 0 Å². The summed E-state index contributed by atoms with van der Waals surface area (Å²) in [6.45, 7) is 5.55. The maximum absolute atomic E-state index is 13.5. The molecule has 25 heavy (non-hydrogen) atoms. The van der Waals surface area contributed by atoms with Gasteiger partial charge in [0.1, 0.15) is 6.61 Å². The Morgan fingerprint density at radius 1 is 1.32 bits per heavy atom. The van der Waals surface area contributed by atoms with E-state index in [9.17, 15) is 4.39 Å². The third-order valence-corrected chi connectivity index (χ3v) is 4.65. The van der Waals surface area contributed by atoms with Gasteiger partial charge in [0.25, 0.3) is 0 Å². The highest BCUT2D eigenvalue weighted by Crippen LogP contribution is 2.48. The summed E-state index contributed by atoms with van der Waals surface area (Å²) >= 11 is 0. The van der Waals surface area contributed by atoms with Crippen molar-refractivity contribution < 1.29 is 13.9 Å². The molecule has 1 saturated carbocycles. The molecule has 0 saturated heterocycles. The van der Waals surface area contributed by atoms with Gasteiger partial charge < -0.3 is 19.7 Å². The molecule has 2 rings (SSSR count). The number of hydrogen-bond donors (Lipinski definition) is 1. The second-order valence-corrected chi connectivity index (χ2v) is 6.55. The van der Waals surface area contributed by atoms with Crippen molar-refractivity contribution in [1.82, 2.24) is 10.2 Å². The predicted octanol–water partition coefficient (Wildman–Crippen LogP) is 2.92. The Labute approximate surface area is 150 Å². The van der Waals surface area contributed by atoms with E-state index in [4.69, 9.17) is 9.47 Å². The van der Waals surface area contributed by atoms with E-state index in [0.717, 1.165) is 32.1 Å². The van der Waals surface area contributed by atoms with E-state index in [1.807, 2.05) is 18.9 Å². The van der Waals surface area contributed by atoms with Crippen LogP contribution in [0.3, 0.4) is 0 Å². The van der Waals surface area contributed by atoms with Crippen LogP contribution in [0.4, 0.5) is 4.39 Å². The lowest BCUT2D eigenvalue weighted by Crippen LogP contribution is -2.43. The molecule has 0 atom stereocenters. The van der Waals surface area contributed by atoms with Crippen LogP contribution in [0, 0.1) is 11.2 Å². The molecule has 1 aromatic carbocycles. The zero-order valence-electron chi connectivity index (χ0n) is 15.6. The quantitative estimate of drug-likeness (QED) is 0.400. The molecule has 0 aromatic heterocycles. The van der Waals surface area contributed by atoms with Gasteiger partial charge in [0, 0.05) is 33.9 Å². The molecular formula is C19H30FN3O2. The Hall–Kier alpha value is -1.82. The number of aliphatic imine (C=N–C) groups is 1. The van der Waals surface area contributed by atoms with Crippen LogP contribution in [0.5, 0.6) is 5.75 Å². The van der Waals surface area contributed by atoms with Crippen LogP contribution in [-0.4, -0.2) is 57.9 Å². The largest absolute Gasteiger partial charge is 0.489 e. The van der Waals surface area contributed by atoms with Crippen LogP contribution in [0.1, 0.15) is 26.2 Å². The summed E-state index contributed by atoms with van der Waals surface area (Å²) in [6.07, 6.45) is 3.57. The number of nitrogens with zero attached hydrogens (tertiary/aromatic N) is 2. The third kappa shape index (κ3) is 6.20. The van der Waals surface area contributed by atoms with Gasteiger partial charge in [0.05, 0.1) is 6.54 Å². The molecule has 0 heterocycles. The molecule has 0 spiro atoms. The molecule has 0 unspecified atom stereocenters. The Kier molecular flexibility index (Phi) is 7.50. The van der Waals surface area contributed by atoms with Crippen molar-refractivity contribution in [3.63, 3.8) is 0 Å². The summed E-state index contributed by atoms with van der Waals surface area (Å²) in [4.78, 5) is 6.33. The third-order valence-electron chi connectivity index (χ3n) is 4.65. The maximum Gasteiger partial charge on any atom is 0.193 e. The van der Waals surface area contributed by atoms with Crippen molar-refractivity contribution in [1.29, 1.82) is 0 Å². The number of rotatable bonds is 10. The number of likely N-dealkylation sites (N-methyl/N-ethyl adjacent to an activating group) is 1. The van der Waals surface area contributed by atoms with E-state index in [1.165, 1.54) is 18.9 Å². The lowest BCUT2D eigenvalue weighted by Gasteiger charge is -2.24. The lowest BCUT2D eigenvalue weighted by molar-refractivity contribution is 0.128. The number of ether oxygens (including phenoxy) is 2. The molecule has 6 heteroatoms. The topological polar surface area (TPSA) is 46.1 Å². The first-order valence-corrected chi connectivity index (χ1v) is 8.97. The zero-order chi connectivity index (χ0) is 18.1. The summed E-state index contributed by atoms with van der Waals surface area (Å²) in [6, 6.07) is 6.45. The van der Waals surface area contributed by atoms with Crippen LogP contribution in [0.25, 0.3) is 0 Å². The van der Waals surface area contributed by atoms with E-state index in [1.54, 1.807) is 25.2 Å². The second kappa shape index (κ2) is 9.61. The van der Waals surface area contributed by atoms with E-state index in [2.05, 4.69) is 10.3 Å². The smallest absolute Gasteiger partial charge is 0.193 e. The molecule has 1 fully saturated rings. The molecule has 0 radical (unpaired) electrons. The molecule has 0 bridgehead atoms. The normalized spacial score (nSPS) is 15.8. The standard InChI is InChI=1S/C19H30FN3O2/c1-4-24-13-11-19(9-10-19)15-22-18(21-2)23(3)12-14-25-17-8-6-5-7-16(17)20/h5-8H,4,9-15H2,1-3H3,(H,21,22). The van der Waals surface area contributed by atoms with Gasteiger partial charge in [-0.1, -0.05) is 12.1 Å². The van der Waals surface area contributed by atoms with Crippen LogP contribution < -0.4 is 10.1 Å². The number of guanidine groups is 1. The average molecular weight is 351 g/mol. The van der Waals surface area contributed by atoms with Crippen LogP contribution in [-0.2, 0) is 4.74 Å². The van der Waals surface area contributed by atoms with Gasteiger partial charge in [-0.25, -0.2) is 4.39 Å². The van der Waals surface area contributed by atoms with Gasteiger partial charge in [-0.05, 0) is 43.7 Å². The van der Waals surface area contributed by atoms with Crippen molar-refractivity contribution in [3.8, 4) is 5.75 Å². The first kappa shape index (κ1) is 19.5. The Morgan fingerprint density at radius 2 is 2.08 bits per heavy atom. The van der Waals surface area contributed by atoms with E-state index in [-0.39, 0.29) is 11.6 Å². The Morgan fingerprint density at radius 3 is 2.72 bits per heavy atom. The van der Waals surface area contributed by atoms with E-state index < -0.39 is 0 Å². The van der Waals surface area contributed by atoms with E-state index in [0.29, 0.717) is 18.6 Å². The van der Waals surface area contributed by atoms with E-state index >= 15 is 0 Å². The fraction of sp³-hybridized carbons (Fsp3) is 0.632. The van der Waals surface area contributed by atoms with Crippen molar-refractivity contribution in [3.05, 3.63) is 30.1 Å². The van der Waals surface area contributed by atoms with Gasteiger partial charge >= 0.3 is 0 Å². The molecule has 1 N–H and O–H groups in total. The highest BCUT2D eigenvalue weighted by atomic mass is 19.1. The fourth-order valence-corrected chi connectivity index (χ4v) is 2.74. The molecule has 1 aliphatic carbocycles. The predicted molar refractivity (Wildman–Crippen MR) is 98.7 cm³/mol. The van der Waals surface area contributed by atoms with Gasteiger partial charge in [-0.15, -0.1) is 0 Å². The number of halogens is 1. The minimum atomic E-state index is -0.336. The van der Waals surface area contributed by atoms with Crippen molar-refractivity contribution in [2.75, 3.05) is 47.0 Å². The van der Waals surface area contributed by atoms with Crippen molar-refractivity contribution >= 4 is 5.96 Å². The second-order valence-electron chi connectivity index (χ2n) is 6.55. The first-order valence-electron chi connectivity index (χ1n) is 8.97. The highest BCUT2D eigenvalue weighted by molar-refractivity contribution is 5.79. The summed E-state index contributed by atoms with van der Waals surface area (Å²) < 4.78 is 24.5. The average Bonchev–Trinajstić information content (AvgIpc) is 3.37. The number of benzene rings is 1. The SMILES string of the molecule is CCOCCC1(CNC(=NC)N(C)CCOc2ccccc2F)CC1. The molecule has 0 amide bonds. The number of para-hydroxylation sites is 1. The molecule has 140 valence electrons.